The molecule has 1 aliphatic carbocycles. The Bertz CT molecular complexity index is 186. The zero-order chi connectivity index (χ0) is 10.3. The molecule has 0 aliphatic heterocycles. The van der Waals surface area contributed by atoms with Crippen LogP contribution >= 0.6 is 0 Å². The average Bonchev–Trinajstić information content (AvgIpc) is 1.94. The number of hydrogen-bond acceptors (Lipinski definition) is 0. The van der Waals surface area contributed by atoms with E-state index >= 15 is 0 Å². The third-order valence-electron chi connectivity index (χ3n) is 2.89. The lowest BCUT2D eigenvalue weighted by Crippen LogP contribution is -2.38. The molecule has 0 heterocycles. The van der Waals surface area contributed by atoms with Crippen molar-refractivity contribution >= 4 is 0 Å². The second-order valence-electron chi connectivity index (χ2n) is 4.02. The summed E-state index contributed by atoms with van der Waals surface area (Å²) in [6.45, 7) is 2.98. The molecule has 0 atom stereocenters. The SMILES string of the molecule is [2H]C1(C)CCC(C)(C(F)(F)F)CC1. The molecule has 3 heteroatoms. The minimum atomic E-state index is -4.11. The van der Waals surface area contributed by atoms with Crippen LogP contribution in [-0.2, 0) is 0 Å². The molecule has 0 N–H and O–H groups in total. The quantitative estimate of drug-likeness (QED) is 0.533. The molecule has 0 bridgehead atoms. The molecule has 0 unspecified atom stereocenters. The molecule has 1 fully saturated rings. The van der Waals surface area contributed by atoms with Gasteiger partial charge in [0.2, 0.25) is 0 Å². The molecule has 72 valence electrons. The van der Waals surface area contributed by atoms with Gasteiger partial charge in [-0.1, -0.05) is 13.8 Å². The Morgan fingerprint density at radius 3 is 2.08 bits per heavy atom. The van der Waals surface area contributed by atoms with Gasteiger partial charge in [0.25, 0.3) is 0 Å². The van der Waals surface area contributed by atoms with Crippen LogP contribution in [0.25, 0.3) is 0 Å². The molecule has 0 aromatic rings. The number of rotatable bonds is 0. The summed E-state index contributed by atoms with van der Waals surface area (Å²) in [6.07, 6.45) is -3.22. The van der Waals surface area contributed by atoms with Gasteiger partial charge in [-0.2, -0.15) is 13.2 Å². The molecule has 12 heavy (non-hydrogen) atoms. The fourth-order valence-electron chi connectivity index (χ4n) is 1.51. The summed E-state index contributed by atoms with van der Waals surface area (Å²) >= 11 is 0. The maximum absolute atomic E-state index is 12.5. The average molecular weight is 181 g/mol. The van der Waals surface area contributed by atoms with E-state index in [4.69, 9.17) is 1.37 Å². The first kappa shape index (κ1) is 8.39. The summed E-state index contributed by atoms with van der Waals surface area (Å²) < 4.78 is 45.2. The summed E-state index contributed by atoms with van der Waals surface area (Å²) in [4.78, 5) is 0. The lowest BCUT2D eigenvalue weighted by molar-refractivity contribution is -0.229. The van der Waals surface area contributed by atoms with Crippen molar-refractivity contribution in [1.29, 1.82) is 0 Å². The predicted molar refractivity (Wildman–Crippen MR) is 41.8 cm³/mol. The number of hydrogen-bond donors (Lipinski definition) is 0. The Hall–Kier alpha value is -0.210. The molecule has 0 spiro atoms. The van der Waals surface area contributed by atoms with Crippen molar-refractivity contribution in [3.63, 3.8) is 0 Å². The third-order valence-corrected chi connectivity index (χ3v) is 2.89. The molecular weight excluding hydrogens is 165 g/mol. The second-order valence-corrected chi connectivity index (χ2v) is 4.02. The van der Waals surface area contributed by atoms with Crippen LogP contribution in [0.4, 0.5) is 13.2 Å². The largest absolute Gasteiger partial charge is 0.394 e. The molecule has 0 aromatic heterocycles. The molecule has 0 saturated heterocycles. The Labute approximate surface area is 72.6 Å². The Morgan fingerprint density at radius 1 is 1.33 bits per heavy atom. The van der Waals surface area contributed by atoms with Crippen molar-refractivity contribution in [2.75, 3.05) is 0 Å². The van der Waals surface area contributed by atoms with Gasteiger partial charge in [-0.05, 0) is 31.6 Å². The van der Waals surface area contributed by atoms with Crippen molar-refractivity contribution in [2.45, 2.75) is 45.7 Å². The van der Waals surface area contributed by atoms with Crippen LogP contribution in [0, 0.1) is 11.3 Å². The van der Waals surface area contributed by atoms with Gasteiger partial charge in [0.15, 0.2) is 0 Å². The van der Waals surface area contributed by atoms with Crippen LogP contribution in [-0.4, -0.2) is 6.18 Å². The first-order valence-corrected chi connectivity index (χ1v) is 4.23. The van der Waals surface area contributed by atoms with Gasteiger partial charge in [-0.3, -0.25) is 0 Å². The highest BCUT2D eigenvalue weighted by Crippen LogP contribution is 2.49. The van der Waals surface area contributed by atoms with Crippen LogP contribution in [0.15, 0.2) is 0 Å². The zero-order valence-electron chi connectivity index (χ0n) is 8.46. The third kappa shape index (κ3) is 1.75. The van der Waals surface area contributed by atoms with Gasteiger partial charge in [-0.15, -0.1) is 0 Å². The van der Waals surface area contributed by atoms with E-state index in [1.54, 1.807) is 6.92 Å². The highest BCUT2D eigenvalue weighted by Gasteiger charge is 2.51. The van der Waals surface area contributed by atoms with E-state index in [-0.39, 0.29) is 12.8 Å². The molecule has 0 nitrogen and oxygen atoms in total. The van der Waals surface area contributed by atoms with E-state index in [0.717, 1.165) is 0 Å². The van der Waals surface area contributed by atoms with Gasteiger partial charge in [0.05, 0.1) is 5.41 Å². The highest BCUT2D eigenvalue weighted by atomic mass is 19.4. The summed E-state index contributed by atoms with van der Waals surface area (Å²) in [7, 11) is 0. The van der Waals surface area contributed by atoms with Gasteiger partial charge in [0, 0.05) is 1.37 Å². The van der Waals surface area contributed by atoms with Crippen molar-refractivity contribution in [1.82, 2.24) is 0 Å². The molecule has 0 amide bonds. The minimum absolute atomic E-state index is 0.0938. The maximum atomic E-state index is 12.5. The van der Waals surface area contributed by atoms with E-state index in [2.05, 4.69) is 0 Å². The van der Waals surface area contributed by atoms with Gasteiger partial charge >= 0.3 is 6.18 Å². The number of halogens is 3. The minimum Gasteiger partial charge on any atom is -0.171 e. The standard InChI is InChI=1S/C9H15F3/c1-7-3-5-8(2,6-4-7)9(10,11)12/h7H,3-6H2,1-2H3/i7D. The van der Waals surface area contributed by atoms with Gasteiger partial charge < -0.3 is 0 Å². The van der Waals surface area contributed by atoms with Crippen LogP contribution in [0.5, 0.6) is 0 Å². The predicted octanol–water partition coefficient (Wildman–Crippen LogP) is 3.77. The van der Waals surface area contributed by atoms with Crippen LogP contribution in [0.3, 0.4) is 0 Å². The van der Waals surface area contributed by atoms with Crippen molar-refractivity contribution < 1.29 is 14.5 Å². The lowest BCUT2D eigenvalue weighted by Gasteiger charge is -2.37. The Kier molecular flexibility index (Phi) is 2.05. The van der Waals surface area contributed by atoms with Crippen LogP contribution in [0.2, 0.25) is 0 Å². The number of alkyl halides is 3. The molecule has 1 saturated carbocycles. The summed E-state index contributed by atoms with van der Waals surface area (Å²) in [5.41, 5.74) is -1.55. The molecule has 0 aromatic carbocycles. The van der Waals surface area contributed by atoms with Gasteiger partial charge in [0.1, 0.15) is 0 Å². The van der Waals surface area contributed by atoms with E-state index < -0.39 is 17.5 Å². The van der Waals surface area contributed by atoms with E-state index in [1.807, 2.05) is 0 Å². The smallest absolute Gasteiger partial charge is 0.171 e. The topological polar surface area (TPSA) is 0 Å². The first-order valence-electron chi connectivity index (χ1n) is 4.73. The fourth-order valence-corrected chi connectivity index (χ4v) is 1.51. The normalized spacial score (nSPS) is 45.6. The summed E-state index contributed by atoms with van der Waals surface area (Å²) in [5, 5.41) is 0. The molecular formula is C9H15F3. The Balaban J connectivity index is 2.68. The van der Waals surface area contributed by atoms with E-state index in [9.17, 15) is 13.2 Å². The maximum Gasteiger partial charge on any atom is 0.394 e. The summed E-state index contributed by atoms with van der Waals surface area (Å²) in [6, 6.07) is 0. The fraction of sp³-hybridized carbons (Fsp3) is 1.00. The van der Waals surface area contributed by atoms with Crippen molar-refractivity contribution in [3.8, 4) is 0 Å². The second kappa shape index (κ2) is 2.93. The van der Waals surface area contributed by atoms with E-state index in [1.165, 1.54) is 6.92 Å². The van der Waals surface area contributed by atoms with Crippen LogP contribution in [0.1, 0.15) is 40.9 Å². The van der Waals surface area contributed by atoms with Crippen molar-refractivity contribution in [2.24, 2.45) is 11.3 Å². The van der Waals surface area contributed by atoms with E-state index in [0.29, 0.717) is 12.8 Å². The Morgan fingerprint density at radius 2 is 1.75 bits per heavy atom. The lowest BCUT2D eigenvalue weighted by atomic mass is 9.72. The van der Waals surface area contributed by atoms with Gasteiger partial charge in [-0.25, -0.2) is 0 Å². The van der Waals surface area contributed by atoms with Crippen molar-refractivity contribution in [3.05, 3.63) is 0 Å². The highest BCUT2D eigenvalue weighted by molar-refractivity contribution is 4.86. The summed E-state index contributed by atoms with van der Waals surface area (Å²) in [5.74, 6) is -0.648. The monoisotopic (exact) mass is 181 g/mol. The molecule has 1 aliphatic rings. The molecule has 1 rings (SSSR count). The molecule has 0 radical (unpaired) electrons. The first-order chi connectivity index (χ1) is 5.66. The zero-order valence-corrected chi connectivity index (χ0v) is 7.46. The van der Waals surface area contributed by atoms with Crippen LogP contribution < -0.4 is 0 Å².